The minimum atomic E-state index is -1.38. The van der Waals surface area contributed by atoms with Gasteiger partial charge < -0.3 is 20.4 Å². The maximum Gasteiger partial charge on any atom is 0.311 e. The van der Waals surface area contributed by atoms with Crippen molar-refractivity contribution in [2.24, 2.45) is 10.8 Å². The molecule has 234 valence electrons. The third-order valence-corrected chi connectivity index (χ3v) is 10.8. The maximum absolute atomic E-state index is 13.4. The van der Waals surface area contributed by atoms with Crippen molar-refractivity contribution in [3.8, 4) is 0 Å². The molecule has 2 heterocycles. The monoisotopic (exact) mass is 617 g/mol. The lowest BCUT2D eigenvalue weighted by atomic mass is 9.51. The molecule has 2 fully saturated rings. The van der Waals surface area contributed by atoms with E-state index in [9.17, 15) is 19.8 Å². The summed E-state index contributed by atoms with van der Waals surface area (Å²) in [5, 5.41) is 25.3. The topological polar surface area (TPSA) is 93.1 Å². The van der Waals surface area contributed by atoms with E-state index in [2.05, 4.69) is 63.6 Å². The van der Waals surface area contributed by atoms with Crippen LogP contribution in [0.3, 0.4) is 0 Å². The van der Waals surface area contributed by atoms with Crippen molar-refractivity contribution in [1.82, 2.24) is 15.1 Å². The predicted molar refractivity (Wildman–Crippen MR) is 174 cm³/mol. The Kier molecular flexibility index (Phi) is 9.80. The van der Waals surface area contributed by atoms with Gasteiger partial charge in [0.2, 0.25) is 0 Å². The van der Waals surface area contributed by atoms with E-state index < -0.39 is 40.8 Å². The number of carboxylic acid groups (broad SMARTS) is 2. The van der Waals surface area contributed by atoms with Gasteiger partial charge in [0.1, 0.15) is 0 Å². The molecule has 7 nitrogen and oxygen atoms in total. The van der Waals surface area contributed by atoms with Gasteiger partial charge in [0.15, 0.2) is 0 Å². The second-order valence-electron chi connectivity index (χ2n) is 12.7. The lowest BCUT2D eigenvalue weighted by Crippen LogP contribution is -2.68. The summed E-state index contributed by atoms with van der Waals surface area (Å²) in [4.78, 5) is 31.2. The third-order valence-electron chi connectivity index (χ3n) is 10.4. The zero-order chi connectivity index (χ0) is 31.5. The molecule has 5 rings (SSSR count). The molecule has 3 aromatic carbocycles. The summed E-state index contributed by atoms with van der Waals surface area (Å²) >= 11 is 6.68. The van der Waals surface area contributed by atoms with E-state index in [4.69, 9.17) is 11.6 Å². The van der Waals surface area contributed by atoms with E-state index in [1.54, 1.807) is 25.1 Å². The van der Waals surface area contributed by atoms with E-state index in [0.29, 0.717) is 23.4 Å². The summed E-state index contributed by atoms with van der Waals surface area (Å²) in [5.74, 6) is -2.83. The Morgan fingerprint density at radius 2 is 1.39 bits per heavy atom. The molecule has 2 aliphatic rings. The molecule has 8 heteroatoms. The number of nitrogens with zero attached hydrogens (tertiary/aromatic N) is 2. The SMILES string of the molecule is CC1NC(C)C(CCCN2CCN(C(c3ccccc3)c3ccccc3)CC2)(C(=O)O)C(c2ccccc2Cl)C1(C)C(=O)O. The fraction of sp³-hybridized carbons (Fsp3) is 0.444. The van der Waals surface area contributed by atoms with Crippen molar-refractivity contribution in [2.45, 2.75) is 57.7 Å². The standard InChI is InChI=1S/C36H44ClN3O4/c1-25-35(3,33(41)42)32(29-17-10-11-18-30(29)37)36(34(43)44,26(2)38-25)19-12-20-39-21-23-40(24-22-39)31(27-13-6-4-7-14-27)28-15-8-5-9-16-28/h4-11,13-18,25-26,31-32,38H,12,19-24H2,1-3H3,(H,41,42)(H,43,44). The van der Waals surface area contributed by atoms with E-state index in [-0.39, 0.29) is 6.04 Å². The molecule has 0 saturated carbocycles. The molecule has 44 heavy (non-hydrogen) atoms. The zero-order valence-corrected chi connectivity index (χ0v) is 26.6. The van der Waals surface area contributed by atoms with E-state index in [1.165, 1.54) is 11.1 Å². The Morgan fingerprint density at radius 3 is 1.91 bits per heavy atom. The van der Waals surface area contributed by atoms with Gasteiger partial charge in [-0.15, -0.1) is 0 Å². The van der Waals surface area contributed by atoms with Gasteiger partial charge in [-0.1, -0.05) is 90.5 Å². The summed E-state index contributed by atoms with van der Waals surface area (Å²) in [6.07, 6.45) is 0.961. The van der Waals surface area contributed by atoms with Gasteiger partial charge in [-0.2, -0.15) is 0 Å². The van der Waals surface area contributed by atoms with E-state index >= 15 is 0 Å². The first kappa shape index (κ1) is 32.2. The van der Waals surface area contributed by atoms with Crippen molar-refractivity contribution in [3.05, 3.63) is 107 Å². The summed E-state index contributed by atoms with van der Waals surface area (Å²) in [6.45, 7) is 9.66. The summed E-state index contributed by atoms with van der Waals surface area (Å²) in [7, 11) is 0. The minimum Gasteiger partial charge on any atom is -0.481 e. The van der Waals surface area contributed by atoms with Crippen LogP contribution in [0.4, 0.5) is 0 Å². The smallest absolute Gasteiger partial charge is 0.311 e. The number of benzene rings is 3. The van der Waals surface area contributed by atoms with Crippen LogP contribution < -0.4 is 5.32 Å². The molecule has 2 aliphatic heterocycles. The lowest BCUT2D eigenvalue weighted by Gasteiger charge is -2.56. The van der Waals surface area contributed by atoms with Crippen LogP contribution in [0.2, 0.25) is 5.02 Å². The maximum atomic E-state index is 13.4. The number of piperazine rings is 1. The molecule has 3 N–H and O–H groups in total. The Labute approximate surface area is 265 Å². The minimum absolute atomic E-state index is 0.177. The largest absolute Gasteiger partial charge is 0.481 e. The average molecular weight is 618 g/mol. The second-order valence-corrected chi connectivity index (χ2v) is 13.1. The number of rotatable bonds is 10. The molecule has 0 aliphatic carbocycles. The molecular formula is C36H44ClN3O4. The van der Waals surface area contributed by atoms with Crippen molar-refractivity contribution in [1.29, 1.82) is 0 Å². The van der Waals surface area contributed by atoms with Gasteiger partial charge in [-0.05, 0) is 62.9 Å². The first-order chi connectivity index (χ1) is 21.1. The number of piperidine rings is 1. The van der Waals surface area contributed by atoms with Crippen LogP contribution in [0.25, 0.3) is 0 Å². The quantitative estimate of drug-likeness (QED) is 0.251. The summed E-state index contributed by atoms with van der Waals surface area (Å²) < 4.78 is 0. The average Bonchev–Trinajstić information content (AvgIpc) is 3.02. The molecule has 2 saturated heterocycles. The van der Waals surface area contributed by atoms with Crippen LogP contribution in [0, 0.1) is 10.8 Å². The van der Waals surface area contributed by atoms with Crippen LogP contribution in [0.15, 0.2) is 84.9 Å². The Bertz CT molecular complexity index is 1390. The molecule has 0 amide bonds. The second kappa shape index (κ2) is 13.4. The number of aliphatic carboxylic acids is 2. The van der Waals surface area contributed by atoms with Crippen molar-refractivity contribution >= 4 is 23.5 Å². The third kappa shape index (κ3) is 5.91. The molecular weight excluding hydrogens is 574 g/mol. The zero-order valence-electron chi connectivity index (χ0n) is 25.8. The van der Waals surface area contributed by atoms with Crippen LogP contribution in [0.5, 0.6) is 0 Å². The number of carbonyl (C=O) groups is 2. The van der Waals surface area contributed by atoms with Gasteiger partial charge in [-0.3, -0.25) is 14.5 Å². The highest BCUT2D eigenvalue weighted by molar-refractivity contribution is 6.31. The van der Waals surface area contributed by atoms with Gasteiger partial charge in [0.25, 0.3) is 0 Å². The highest BCUT2D eigenvalue weighted by Gasteiger charge is 2.65. The van der Waals surface area contributed by atoms with E-state index in [0.717, 1.165) is 32.7 Å². The first-order valence-corrected chi connectivity index (χ1v) is 16.0. The molecule has 5 atom stereocenters. The predicted octanol–water partition coefficient (Wildman–Crippen LogP) is 6.15. The lowest BCUT2D eigenvalue weighted by molar-refractivity contribution is -0.171. The van der Waals surface area contributed by atoms with Gasteiger partial charge in [0, 0.05) is 49.2 Å². The van der Waals surface area contributed by atoms with Crippen LogP contribution in [-0.4, -0.2) is 76.8 Å². The molecule has 0 radical (unpaired) electrons. The molecule has 0 aromatic heterocycles. The molecule has 5 unspecified atom stereocenters. The van der Waals surface area contributed by atoms with Crippen LogP contribution in [-0.2, 0) is 9.59 Å². The fourth-order valence-electron chi connectivity index (χ4n) is 7.85. The van der Waals surface area contributed by atoms with Crippen molar-refractivity contribution in [2.75, 3.05) is 32.7 Å². The van der Waals surface area contributed by atoms with Crippen molar-refractivity contribution < 1.29 is 19.8 Å². The van der Waals surface area contributed by atoms with E-state index in [1.807, 2.05) is 32.0 Å². The molecule has 0 spiro atoms. The summed E-state index contributed by atoms with van der Waals surface area (Å²) in [5.41, 5.74) is 0.387. The van der Waals surface area contributed by atoms with Crippen LogP contribution >= 0.6 is 11.6 Å². The first-order valence-electron chi connectivity index (χ1n) is 15.6. The highest BCUT2D eigenvalue weighted by Crippen LogP contribution is 2.58. The Morgan fingerprint density at radius 1 is 0.841 bits per heavy atom. The van der Waals surface area contributed by atoms with Gasteiger partial charge in [0.05, 0.1) is 16.9 Å². The molecule has 0 bridgehead atoms. The molecule has 3 aromatic rings. The highest BCUT2D eigenvalue weighted by atomic mass is 35.5. The number of nitrogens with one attached hydrogen (secondary N) is 1. The van der Waals surface area contributed by atoms with Crippen molar-refractivity contribution in [3.63, 3.8) is 0 Å². The normalized spacial score (nSPS) is 28.2. The Balaban J connectivity index is 1.34. The van der Waals surface area contributed by atoms with Gasteiger partial charge >= 0.3 is 11.9 Å². The Hall–Kier alpha value is -3.23. The number of carboxylic acids is 2. The fourth-order valence-corrected chi connectivity index (χ4v) is 8.10. The van der Waals surface area contributed by atoms with Gasteiger partial charge in [-0.25, -0.2) is 0 Å². The van der Waals surface area contributed by atoms with Crippen LogP contribution in [0.1, 0.15) is 62.3 Å². The summed E-state index contributed by atoms with van der Waals surface area (Å²) in [6, 6.07) is 27.6. The number of hydrogen-bond donors (Lipinski definition) is 3. The number of halogens is 1. The number of hydrogen-bond acceptors (Lipinski definition) is 5.